The Morgan fingerprint density at radius 3 is 2.00 bits per heavy atom. The van der Waals surface area contributed by atoms with Crippen LogP contribution in [0.3, 0.4) is 0 Å². The lowest BCUT2D eigenvalue weighted by molar-refractivity contribution is -0.142. The number of thioether (sulfide) groups is 1. The molecule has 3 atom stereocenters. The number of imide groups is 1. The van der Waals surface area contributed by atoms with Crippen molar-refractivity contribution in [3.8, 4) is 11.1 Å². The number of carbonyl (C=O) groups is 3. The van der Waals surface area contributed by atoms with Gasteiger partial charge in [-0.25, -0.2) is 0 Å². The maximum Gasteiger partial charge on any atom is 0.307 e. The van der Waals surface area contributed by atoms with Crippen LogP contribution in [0.2, 0.25) is 0 Å². The maximum absolute atomic E-state index is 12.7. The number of carboxylic acid groups (broad SMARTS) is 1. The summed E-state index contributed by atoms with van der Waals surface area (Å²) in [7, 11) is 0. The van der Waals surface area contributed by atoms with E-state index < -0.39 is 11.9 Å². The minimum atomic E-state index is -0.868. The zero-order valence-electron chi connectivity index (χ0n) is 17.9. The number of nitrogens with zero attached hydrogens (tertiary/aromatic N) is 1. The first-order valence-electron chi connectivity index (χ1n) is 11.0. The molecule has 0 saturated heterocycles. The van der Waals surface area contributed by atoms with Gasteiger partial charge in [-0.05, 0) is 54.2 Å². The van der Waals surface area contributed by atoms with Gasteiger partial charge in [0.2, 0.25) is 0 Å². The molecule has 6 heteroatoms. The summed E-state index contributed by atoms with van der Waals surface area (Å²) in [6.45, 7) is 0.146. The van der Waals surface area contributed by atoms with Crippen LogP contribution >= 0.6 is 11.8 Å². The van der Waals surface area contributed by atoms with Crippen molar-refractivity contribution in [2.75, 3.05) is 6.54 Å². The molecule has 5 nitrogen and oxygen atoms in total. The fourth-order valence-electron chi connectivity index (χ4n) is 4.91. The molecule has 1 N–H and O–H groups in total. The molecule has 1 aliphatic heterocycles. The fourth-order valence-corrected chi connectivity index (χ4v) is 6.29. The van der Waals surface area contributed by atoms with Gasteiger partial charge in [-0.15, -0.1) is 11.8 Å². The summed E-state index contributed by atoms with van der Waals surface area (Å²) in [6.07, 6.45) is 1.40. The van der Waals surface area contributed by atoms with E-state index in [0.29, 0.717) is 17.5 Å². The molecule has 3 aromatic rings. The Balaban J connectivity index is 1.29. The van der Waals surface area contributed by atoms with E-state index in [0.717, 1.165) is 22.4 Å². The molecule has 2 aliphatic rings. The number of hydrogen-bond acceptors (Lipinski definition) is 4. The van der Waals surface area contributed by atoms with Gasteiger partial charge in [-0.3, -0.25) is 19.3 Å². The topological polar surface area (TPSA) is 74.7 Å². The van der Waals surface area contributed by atoms with Crippen molar-refractivity contribution >= 4 is 29.5 Å². The summed E-state index contributed by atoms with van der Waals surface area (Å²) in [5, 5.41) is 9.90. The molecule has 0 bridgehead atoms. The van der Waals surface area contributed by atoms with Crippen molar-refractivity contribution in [1.82, 2.24) is 4.90 Å². The van der Waals surface area contributed by atoms with E-state index in [9.17, 15) is 19.5 Å². The number of hydrogen-bond donors (Lipinski definition) is 1. The molecule has 0 radical (unpaired) electrons. The molecule has 166 valence electrons. The van der Waals surface area contributed by atoms with Gasteiger partial charge in [0.1, 0.15) is 0 Å². The van der Waals surface area contributed by atoms with Crippen LogP contribution in [0.15, 0.2) is 83.8 Å². The Labute approximate surface area is 196 Å². The highest BCUT2D eigenvalue weighted by atomic mass is 32.2. The summed E-state index contributed by atoms with van der Waals surface area (Å²) in [4.78, 5) is 39.9. The van der Waals surface area contributed by atoms with Crippen LogP contribution in [0.4, 0.5) is 0 Å². The van der Waals surface area contributed by atoms with Crippen molar-refractivity contribution in [3.05, 3.63) is 90.0 Å². The summed E-state index contributed by atoms with van der Waals surface area (Å²) in [5.74, 6) is -2.40. The van der Waals surface area contributed by atoms with Crippen LogP contribution in [-0.4, -0.2) is 39.6 Å². The van der Waals surface area contributed by atoms with Crippen molar-refractivity contribution in [2.45, 2.75) is 23.0 Å². The van der Waals surface area contributed by atoms with Gasteiger partial charge < -0.3 is 5.11 Å². The molecule has 2 amide bonds. The highest BCUT2D eigenvalue weighted by molar-refractivity contribution is 8.00. The van der Waals surface area contributed by atoms with E-state index in [1.807, 2.05) is 30.3 Å². The zero-order valence-corrected chi connectivity index (χ0v) is 18.7. The molecule has 5 rings (SSSR count). The number of rotatable bonds is 6. The van der Waals surface area contributed by atoms with Gasteiger partial charge in [0, 0.05) is 16.7 Å². The number of amides is 2. The molecular weight excluding hydrogens is 434 g/mol. The second kappa shape index (κ2) is 8.87. The minimum absolute atomic E-state index is 0.106. The molecule has 1 aliphatic carbocycles. The lowest BCUT2D eigenvalue weighted by Crippen LogP contribution is -2.38. The largest absolute Gasteiger partial charge is 0.481 e. The standard InChI is InChI=1S/C27H23NO4S/c29-25-21-8-4-5-9-22(21)26(30)28(25)16-19-12-15-23(24(19)27(31)32)33-20-13-10-18(11-14-20)17-6-2-1-3-7-17/h1-11,13-14,19,23-24H,12,15-16H2,(H,31,32)/t19-,23-,24-/m0/s1. The molecule has 3 aromatic carbocycles. The summed E-state index contributed by atoms with van der Waals surface area (Å²) >= 11 is 1.57. The maximum atomic E-state index is 12.7. The lowest BCUT2D eigenvalue weighted by Gasteiger charge is -2.24. The SMILES string of the molecule is O=C(O)[C@H]1[C@H](CN2C(=O)c3ccccc3C2=O)CC[C@@H]1Sc1ccc(-c2ccccc2)cc1. The average Bonchev–Trinajstić information content (AvgIpc) is 3.34. The molecule has 1 fully saturated rings. The third-order valence-corrected chi connectivity index (χ3v) is 7.94. The minimum Gasteiger partial charge on any atom is -0.481 e. The highest BCUT2D eigenvalue weighted by Crippen LogP contribution is 2.44. The summed E-state index contributed by atoms with van der Waals surface area (Å²) in [5.41, 5.74) is 3.05. The van der Waals surface area contributed by atoms with Crippen molar-refractivity contribution in [1.29, 1.82) is 0 Å². The highest BCUT2D eigenvalue weighted by Gasteiger charge is 2.45. The van der Waals surface area contributed by atoms with Gasteiger partial charge in [0.05, 0.1) is 17.0 Å². The first-order chi connectivity index (χ1) is 16.0. The smallest absolute Gasteiger partial charge is 0.307 e. The first-order valence-corrected chi connectivity index (χ1v) is 11.9. The third-order valence-electron chi connectivity index (χ3n) is 6.56. The van der Waals surface area contributed by atoms with E-state index in [-0.39, 0.29) is 29.5 Å². The van der Waals surface area contributed by atoms with E-state index in [1.54, 1.807) is 36.0 Å². The van der Waals surface area contributed by atoms with Gasteiger partial charge >= 0.3 is 5.97 Å². The van der Waals surface area contributed by atoms with Gasteiger partial charge in [0.15, 0.2) is 0 Å². The van der Waals surface area contributed by atoms with E-state index in [4.69, 9.17) is 0 Å². The Bertz CT molecular complexity index is 1170. The molecule has 33 heavy (non-hydrogen) atoms. The number of benzene rings is 3. The van der Waals surface area contributed by atoms with Crippen LogP contribution in [0.5, 0.6) is 0 Å². The molecule has 0 spiro atoms. The Kier molecular flexibility index (Phi) is 5.77. The molecule has 1 heterocycles. The van der Waals surface area contributed by atoms with Crippen LogP contribution in [0.1, 0.15) is 33.6 Å². The van der Waals surface area contributed by atoms with Crippen molar-refractivity contribution < 1.29 is 19.5 Å². The van der Waals surface area contributed by atoms with Crippen molar-refractivity contribution in [3.63, 3.8) is 0 Å². The molecular formula is C27H23NO4S. The number of carboxylic acids is 1. The summed E-state index contributed by atoms with van der Waals surface area (Å²) < 4.78 is 0. The second-order valence-electron chi connectivity index (χ2n) is 8.51. The Hall–Kier alpha value is -3.38. The van der Waals surface area contributed by atoms with Crippen LogP contribution in [-0.2, 0) is 4.79 Å². The lowest BCUT2D eigenvalue weighted by atomic mass is 9.95. The van der Waals surface area contributed by atoms with Crippen LogP contribution in [0, 0.1) is 11.8 Å². The van der Waals surface area contributed by atoms with Gasteiger partial charge in [0.25, 0.3) is 11.8 Å². The molecule has 0 unspecified atom stereocenters. The fraction of sp³-hybridized carbons (Fsp3) is 0.222. The molecule has 1 saturated carbocycles. The molecule has 0 aromatic heterocycles. The number of carbonyl (C=O) groups excluding carboxylic acids is 2. The van der Waals surface area contributed by atoms with Crippen molar-refractivity contribution in [2.24, 2.45) is 11.8 Å². The quantitative estimate of drug-likeness (QED) is 0.514. The zero-order chi connectivity index (χ0) is 22.9. The predicted molar refractivity (Wildman–Crippen MR) is 127 cm³/mol. The average molecular weight is 458 g/mol. The first kappa shape index (κ1) is 21.5. The monoisotopic (exact) mass is 457 g/mol. The number of aliphatic carboxylic acids is 1. The van der Waals surface area contributed by atoms with E-state index in [1.165, 1.54) is 4.90 Å². The van der Waals surface area contributed by atoms with E-state index >= 15 is 0 Å². The predicted octanol–water partition coefficient (Wildman–Crippen LogP) is 5.22. The van der Waals surface area contributed by atoms with Crippen LogP contribution in [0.25, 0.3) is 11.1 Å². The van der Waals surface area contributed by atoms with Gasteiger partial charge in [-0.2, -0.15) is 0 Å². The third kappa shape index (κ3) is 4.07. The summed E-state index contributed by atoms with van der Waals surface area (Å²) in [6, 6.07) is 25.0. The second-order valence-corrected chi connectivity index (χ2v) is 9.83. The Morgan fingerprint density at radius 2 is 1.39 bits per heavy atom. The van der Waals surface area contributed by atoms with Gasteiger partial charge in [-0.1, -0.05) is 54.6 Å². The van der Waals surface area contributed by atoms with Crippen LogP contribution < -0.4 is 0 Å². The van der Waals surface area contributed by atoms with E-state index in [2.05, 4.69) is 24.3 Å². The Morgan fingerprint density at radius 1 is 0.818 bits per heavy atom. The number of fused-ring (bicyclic) bond motifs is 1. The normalized spacial score (nSPS) is 21.9.